The molecular formula is C14H15BrN2O3. The standard InChI is InChI=1S/C14H15BrN2O3/c1-9-3-4-14(20-9)10(2)16-8-11-5-12(15)7-13(6-11)17(18)19/h3-7,10,16H,8H2,1-2H3. The number of nitrogens with one attached hydrogen (secondary N) is 1. The van der Waals surface area contributed by atoms with E-state index in [4.69, 9.17) is 4.42 Å². The summed E-state index contributed by atoms with van der Waals surface area (Å²) in [5.74, 6) is 1.72. The molecule has 0 amide bonds. The molecule has 0 aliphatic rings. The Bertz CT molecular complexity index is 625. The van der Waals surface area contributed by atoms with Gasteiger partial charge in [-0.05, 0) is 37.6 Å². The number of nitro benzene ring substituents is 1. The molecule has 0 fully saturated rings. The highest BCUT2D eigenvalue weighted by atomic mass is 79.9. The van der Waals surface area contributed by atoms with E-state index in [9.17, 15) is 10.1 Å². The van der Waals surface area contributed by atoms with E-state index in [1.54, 1.807) is 6.07 Å². The number of nitro groups is 1. The van der Waals surface area contributed by atoms with Gasteiger partial charge in [-0.3, -0.25) is 10.1 Å². The van der Waals surface area contributed by atoms with E-state index >= 15 is 0 Å². The largest absolute Gasteiger partial charge is 0.465 e. The molecule has 0 aliphatic carbocycles. The van der Waals surface area contributed by atoms with Crippen LogP contribution in [0.4, 0.5) is 5.69 Å². The number of nitrogens with zero attached hydrogens (tertiary/aromatic N) is 1. The van der Waals surface area contributed by atoms with Crippen molar-refractivity contribution in [1.82, 2.24) is 5.32 Å². The molecule has 2 aromatic rings. The lowest BCUT2D eigenvalue weighted by atomic mass is 10.2. The average Bonchev–Trinajstić information content (AvgIpc) is 2.82. The van der Waals surface area contributed by atoms with Crippen LogP contribution in [0.1, 0.15) is 30.0 Å². The molecule has 0 saturated carbocycles. The lowest BCUT2D eigenvalue weighted by Crippen LogP contribution is -2.17. The van der Waals surface area contributed by atoms with Gasteiger partial charge in [-0.25, -0.2) is 0 Å². The molecule has 1 unspecified atom stereocenters. The Morgan fingerprint density at radius 2 is 2.15 bits per heavy atom. The van der Waals surface area contributed by atoms with Gasteiger partial charge in [0.05, 0.1) is 11.0 Å². The Balaban J connectivity index is 2.05. The fourth-order valence-corrected chi connectivity index (χ4v) is 2.43. The molecule has 1 aromatic carbocycles. The van der Waals surface area contributed by atoms with Crippen LogP contribution in [0.25, 0.3) is 0 Å². The predicted octanol–water partition coefficient (Wildman–Crippen LogP) is 4.11. The summed E-state index contributed by atoms with van der Waals surface area (Å²) in [6.07, 6.45) is 0. The minimum Gasteiger partial charge on any atom is -0.465 e. The third-order valence-electron chi connectivity index (χ3n) is 2.95. The van der Waals surface area contributed by atoms with Crippen LogP contribution in [0.3, 0.4) is 0 Å². The van der Waals surface area contributed by atoms with Crippen LogP contribution >= 0.6 is 15.9 Å². The number of rotatable bonds is 5. The highest BCUT2D eigenvalue weighted by Crippen LogP contribution is 2.22. The van der Waals surface area contributed by atoms with E-state index in [-0.39, 0.29) is 11.7 Å². The fourth-order valence-electron chi connectivity index (χ4n) is 1.90. The van der Waals surface area contributed by atoms with Crippen LogP contribution in [0, 0.1) is 17.0 Å². The smallest absolute Gasteiger partial charge is 0.270 e. The zero-order valence-electron chi connectivity index (χ0n) is 11.2. The van der Waals surface area contributed by atoms with Crippen molar-refractivity contribution >= 4 is 21.6 Å². The maximum atomic E-state index is 10.8. The van der Waals surface area contributed by atoms with Gasteiger partial charge >= 0.3 is 0 Å². The van der Waals surface area contributed by atoms with Crippen molar-refractivity contribution in [3.05, 3.63) is 62.0 Å². The van der Waals surface area contributed by atoms with E-state index in [1.165, 1.54) is 6.07 Å². The molecule has 0 bridgehead atoms. The molecule has 5 nitrogen and oxygen atoms in total. The summed E-state index contributed by atoms with van der Waals surface area (Å²) >= 11 is 3.29. The van der Waals surface area contributed by atoms with E-state index in [0.717, 1.165) is 17.1 Å². The van der Waals surface area contributed by atoms with Crippen molar-refractivity contribution in [2.45, 2.75) is 26.4 Å². The molecule has 106 valence electrons. The minimum absolute atomic E-state index is 0.0433. The molecule has 20 heavy (non-hydrogen) atoms. The van der Waals surface area contributed by atoms with Crippen LogP contribution in [0.5, 0.6) is 0 Å². The summed E-state index contributed by atoms with van der Waals surface area (Å²) in [4.78, 5) is 10.4. The van der Waals surface area contributed by atoms with Gasteiger partial charge in [-0.2, -0.15) is 0 Å². The Hall–Kier alpha value is -1.66. The van der Waals surface area contributed by atoms with E-state index < -0.39 is 4.92 Å². The van der Waals surface area contributed by atoms with Crippen molar-refractivity contribution in [2.24, 2.45) is 0 Å². The summed E-state index contributed by atoms with van der Waals surface area (Å²) in [5.41, 5.74) is 0.930. The van der Waals surface area contributed by atoms with Crippen molar-refractivity contribution in [2.75, 3.05) is 0 Å². The average molecular weight is 339 g/mol. The van der Waals surface area contributed by atoms with Crippen molar-refractivity contribution < 1.29 is 9.34 Å². The van der Waals surface area contributed by atoms with Gasteiger partial charge < -0.3 is 9.73 Å². The maximum absolute atomic E-state index is 10.8. The van der Waals surface area contributed by atoms with E-state index in [1.807, 2.05) is 32.0 Å². The molecule has 0 aliphatic heterocycles. The van der Waals surface area contributed by atoms with Gasteiger partial charge in [0.25, 0.3) is 5.69 Å². The number of hydrogen-bond acceptors (Lipinski definition) is 4. The Morgan fingerprint density at radius 1 is 1.40 bits per heavy atom. The molecule has 0 radical (unpaired) electrons. The first kappa shape index (κ1) is 14.7. The predicted molar refractivity (Wildman–Crippen MR) is 79.5 cm³/mol. The summed E-state index contributed by atoms with van der Waals surface area (Å²) < 4.78 is 6.24. The lowest BCUT2D eigenvalue weighted by Gasteiger charge is -2.11. The Morgan fingerprint density at radius 3 is 2.75 bits per heavy atom. The van der Waals surface area contributed by atoms with Crippen LogP contribution in [-0.2, 0) is 6.54 Å². The highest BCUT2D eigenvalue weighted by Gasteiger charge is 2.11. The number of furan rings is 1. The third-order valence-corrected chi connectivity index (χ3v) is 3.41. The van der Waals surface area contributed by atoms with Crippen molar-refractivity contribution in [3.8, 4) is 0 Å². The van der Waals surface area contributed by atoms with Gasteiger partial charge in [0.1, 0.15) is 11.5 Å². The first-order chi connectivity index (χ1) is 9.45. The second-order valence-corrected chi connectivity index (χ2v) is 5.54. The van der Waals surface area contributed by atoms with Gasteiger partial charge in [0.15, 0.2) is 0 Å². The number of hydrogen-bond donors (Lipinski definition) is 1. The first-order valence-corrected chi connectivity index (χ1v) is 6.98. The molecule has 1 aromatic heterocycles. The number of halogens is 1. The lowest BCUT2D eigenvalue weighted by molar-refractivity contribution is -0.385. The maximum Gasteiger partial charge on any atom is 0.270 e. The summed E-state index contributed by atoms with van der Waals surface area (Å²) in [7, 11) is 0. The molecule has 2 rings (SSSR count). The normalized spacial score (nSPS) is 12.3. The molecule has 1 atom stereocenters. The number of benzene rings is 1. The van der Waals surface area contributed by atoms with Gasteiger partial charge in [-0.1, -0.05) is 15.9 Å². The van der Waals surface area contributed by atoms with Crippen molar-refractivity contribution in [1.29, 1.82) is 0 Å². The van der Waals surface area contributed by atoms with Gasteiger partial charge in [0.2, 0.25) is 0 Å². The zero-order chi connectivity index (χ0) is 14.7. The Kier molecular flexibility index (Phi) is 4.57. The van der Waals surface area contributed by atoms with Crippen LogP contribution in [-0.4, -0.2) is 4.92 Å². The zero-order valence-corrected chi connectivity index (χ0v) is 12.8. The van der Waals surface area contributed by atoms with Gasteiger partial charge in [0, 0.05) is 23.2 Å². The summed E-state index contributed by atoms with van der Waals surface area (Å²) in [6.45, 7) is 4.42. The molecular weight excluding hydrogens is 324 g/mol. The van der Waals surface area contributed by atoms with Crippen LogP contribution < -0.4 is 5.32 Å². The first-order valence-electron chi connectivity index (χ1n) is 6.19. The second-order valence-electron chi connectivity index (χ2n) is 4.63. The van der Waals surface area contributed by atoms with Gasteiger partial charge in [-0.15, -0.1) is 0 Å². The topological polar surface area (TPSA) is 68.3 Å². The van der Waals surface area contributed by atoms with E-state index in [2.05, 4.69) is 21.2 Å². The molecule has 1 N–H and O–H groups in total. The second kappa shape index (κ2) is 6.19. The quantitative estimate of drug-likeness (QED) is 0.657. The SMILES string of the molecule is Cc1ccc(C(C)NCc2cc(Br)cc([N+](=O)[O-])c2)o1. The minimum atomic E-state index is -0.395. The number of aryl methyl sites for hydroxylation is 1. The summed E-state index contributed by atoms with van der Waals surface area (Å²) in [6, 6.07) is 8.80. The molecule has 0 saturated heterocycles. The molecule has 1 heterocycles. The van der Waals surface area contributed by atoms with Crippen molar-refractivity contribution in [3.63, 3.8) is 0 Å². The third kappa shape index (κ3) is 3.68. The van der Waals surface area contributed by atoms with E-state index in [0.29, 0.717) is 11.0 Å². The Labute approximate surface area is 125 Å². The summed E-state index contributed by atoms with van der Waals surface area (Å²) in [5, 5.41) is 14.1. The highest BCUT2D eigenvalue weighted by molar-refractivity contribution is 9.10. The monoisotopic (exact) mass is 338 g/mol. The van der Waals surface area contributed by atoms with Crippen LogP contribution in [0.2, 0.25) is 0 Å². The number of non-ortho nitro benzene ring substituents is 1. The fraction of sp³-hybridized carbons (Fsp3) is 0.286. The molecule has 0 spiro atoms. The molecule has 6 heteroatoms. The van der Waals surface area contributed by atoms with Crippen LogP contribution in [0.15, 0.2) is 39.2 Å².